The standard InChI is InChI=1S/C15H22N4O/c1-10(2)9-11-5-4-8-19-12(6-3-7-16)13(14(17)20)18-15(11)19/h4-5,8,10H,3,6-7,9,16H2,1-2H3,(H2,17,20). The van der Waals surface area contributed by atoms with Crippen molar-refractivity contribution in [2.75, 3.05) is 6.54 Å². The first kappa shape index (κ1) is 14.5. The van der Waals surface area contributed by atoms with Crippen molar-refractivity contribution in [3.63, 3.8) is 0 Å². The molecule has 0 aliphatic heterocycles. The van der Waals surface area contributed by atoms with Crippen molar-refractivity contribution in [1.82, 2.24) is 9.38 Å². The van der Waals surface area contributed by atoms with Crippen molar-refractivity contribution in [2.45, 2.75) is 33.1 Å². The average Bonchev–Trinajstić information content (AvgIpc) is 2.75. The van der Waals surface area contributed by atoms with E-state index in [4.69, 9.17) is 11.5 Å². The molecule has 0 saturated carbocycles. The van der Waals surface area contributed by atoms with Crippen LogP contribution in [0.15, 0.2) is 18.3 Å². The van der Waals surface area contributed by atoms with Crippen LogP contribution < -0.4 is 11.5 Å². The molecule has 0 aliphatic rings. The molecule has 0 aromatic carbocycles. The normalized spacial score (nSPS) is 11.4. The minimum Gasteiger partial charge on any atom is -0.364 e. The maximum absolute atomic E-state index is 11.6. The number of rotatable bonds is 6. The van der Waals surface area contributed by atoms with Gasteiger partial charge in [0.2, 0.25) is 0 Å². The van der Waals surface area contributed by atoms with E-state index >= 15 is 0 Å². The third-order valence-corrected chi connectivity index (χ3v) is 3.31. The highest BCUT2D eigenvalue weighted by Crippen LogP contribution is 2.20. The minimum absolute atomic E-state index is 0.370. The van der Waals surface area contributed by atoms with Crippen molar-refractivity contribution >= 4 is 11.6 Å². The first-order valence-electron chi connectivity index (χ1n) is 7.03. The number of hydrogen-bond donors (Lipinski definition) is 2. The summed E-state index contributed by atoms with van der Waals surface area (Å²) in [5.41, 5.74) is 14.2. The quantitative estimate of drug-likeness (QED) is 0.837. The number of amides is 1. The first-order valence-corrected chi connectivity index (χ1v) is 7.03. The van der Waals surface area contributed by atoms with Gasteiger partial charge in [-0.1, -0.05) is 19.9 Å². The topological polar surface area (TPSA) is 86.4 Å². The number of nitrogens with two attached hydrogens (primary N) is 2. The predicted molar refractivity (Wildman–Crippen MR) is 79.6 cm³/mol. The monoisotopic (exact) mass is 274 g/mol. The van der Waals surface area contributed by atoms with Crippen LogP contribution in [0.25, 0.3) is 5.65 Å². The molecule has 20 heavy (non-hydrogen) atoms. The van der Waals surface area contributed by atoms with Gasteiger partial charge in [-0.15, -0.1) is 0 Å². The summed E-state index contributed by atoms with van der Waals surface area (Å²) in [5.74, 6) is 0.0543. The van der Waals surface area contributed by atoms with E-state index in [1.54, 1.807) is 0 Å². The third-order valence-electron chi connectivity index (χ3n) is 3.31. The van der Waals surface area contributed by atoms with E-state index in [0.717, 1.165) is 29.7 Å². The van der Waals surface area contributed by atoms with E-state index < -0.39 is 5.91 Å². The predicted octanol–water partition coefficient (Wildman–Crippen LogP) is 1.52. The SMILES string of the molecule is CC(C)Cc1cccn2c(CCCN)c(C(N)=O)nc12. The Labute approximate surface area is 119 Å². The van der Waals surface area contributed by atoms with E-state index in [2.05, 4.69) is 24.9 Å². The summed E-state index contributed by atoms with van der Waals surface area (Å²) in [4.78, 5) is 16.1. The summed E-state index contributed by atoms with van der Waals surface area (Å²) in [7, 11) is 0. The number of pyridine rings is 1. The maximum Gasteiger partial charge on any atom is 0.269 e. The van der Waals surface area contributed by atoms with Crippen LogP contribution in [0.3, 0.4) is 0 Å². The summed E-state index contributed by atoms with van der Waals surface area (Å²) >= 11 is 0. The number of imidazole rings is 1. The van der Waals surface area contributed by atoms with Gasteiger partial charge in [-0.25, -0.2) is 4.98 Å². The zero-order valence-corrected chi connectivity index (χ0v) is 12.1. The molecule has 0 fully saturated rings. The molecule has 0 atom stereocenters. The molecule has 4 N–H and O–H groups in total. The number of hydrogen-bond acceptors (Lipinski definition) is 3. The molecule has 0 saturated heterocycles. The van der Waals surface area contributed by atoms with Gasteiger partial charge in [-0.2, -0.15) is 0 Å². The zero-order valence-electron chi connectivity index (χ0n) is 12.1. The van der Waals surface area contributed by atoms with Crippen LogP contribution in [0.5, 0.6) is 0 Å². The molecule has 0 radical (unpaired) electrons. The second-order valence-corrected chi connectivity index (χ2v) is 5.49. The van der Waals surface area contributed by atoms with Gasteiger partial charge in [-0.05, 0) is 43.4 Å². The lowest BCUT2D eigenvalue weighted by molar-refractivity contribution is 0.0995. The van der Waals surface area contributed by atoms with Crippen LogP contribution in [0, 0.1) is 5.92 Å². The molecule has 0 bridgehead atoms. The molecule has 2 rings (SSSR count). The first-order chi connectivity index (χ1) is 9.54. The molecule has 2 aromatic rings. The van der Waals surface area contributed by atoms with Crippen LogP contribution in [-0.2, 0) is 12.8 Å². The second kappa shape index (κ2) is 6.05. The Morgan fingerprint density at radius 1 is 1.45 bits per heavy atom. The lowest BCUT2D eigenvalue weighted by atomic mass is 10.0. The number of primary amides is 1. The van der Waals surface area contributed by atoms with Gasteiger partial charge in [0.25, 0.3) is 5.91 Å². The fourth-order valence-corrected chi connectivity index (χ4v) is 2.48. The van der Waals surface area contributed by atoms with Crippen LogP contribution >= 0.6 is 0 Å². The molecule has 0 unspecified atom stereocenters. The summed E-state index contributed by atoms with van der Waals surface area (Å²) in [6.07, 6.45) is 4.38. The Balaban J connectivity index is 2.57. The van der Waals surface area contributed by atoms with Gasteiger partial charge in [0.15, 0.2) is 0 Å². The van der Waals surface area contributed by atoms with E-state index in [-0.39, 0.29) is 0 Å². The highest BCUT2D eigenvalue weighted by molar-refractivity contribution is 5.93. The number of fused-ring (bicyclic) bond motifs is 1. The molecule has 1 amide bonds. The molecular formula is C15H22N4O. The molecule has 0 spiro atoms. The minimum atomic E-state index is -0.476. The molecule has 2 aromatic heterocycles. The Morgan fingerprint density at radius 3 is 2.80 bits per heavy atom. The van der Waals surface area contributed by atoms with Gasteiger partial charge >= 0.3 is 0 Å². The summed E-state index contributed by atoms with van der Waals surface area (Å²) in [5, 5.41) is 0. The summed E-state index contributed by atoms with van der Waals surface area (Å²) < 4.78 is 1.98. The lowest BCUT2D eigenvalue weighted by Crippen LogP contribution is -2.15. The van der Waals surface area contributed by atoms with Gasteiger partial charge in [-0.3, -0.25) is 4.79 Å². The van der Waals surface area contributed by atoms with Gasteiger partial charge < -0.3 is 15.9 Å². The molecule has 5 heteroatoms. The number of aryl methyl sites for hydroxylation is 1. The number of carbonyl (C=O) groups excluding carboxylic acids is 1. The fraction of sp³-hybridized carbons (Fsp3) is 0.467. The smallest absolute Gasteiger partial charge is 0.269 e. The Morgan fingerprint density at radius 2 is 2.20 bits per heavy atom. The molecule has 2 heterocycles. The van der Waals surface area contributed by atoms with Gasteiger partial charge in [0.05, 0.1) is 5.69 Å². The van der Waals surface area contributed by atoms with E-state index in [1.807, 2.05) is 16.7 Å². The number of nitrogens with zero attached hydrogens (tertiary/aromatic N) is 2. The second-order valence-electron chi connectivity index (χ2n) is 5.49. The van der Waals surface area contributed by atoms with Crippen molar-refractivity contribution in [2.24, 2.45) is 17.4 Å². The van der Waals surface area contributed by atoms with E-state index in [0.29, 0.717) is 24.6 Å². The average molecular weight is 274 g/mol. The van der Waals surface area contributed by atoms with Crippen molar-refractivity contribution in [1.29, 1.82) is 0 Å². The van der Waals surface area contributed by atoms with Crippen LogP contribution in [0.4, 0.5) is 0 Å². The van der Waals surface area contributed by atoms with Crippen LogP contribution in [-0.4, -0.2) is 21.8 Å². The molecular weight excluding hydrogens is 252 g/mol. The van der Waals surface area contributed by atoms with Crippen LogP contribution in [0.1, 0.15) is 42.0 Å². The molecule has 0 aliphatic carbocycles. The Hall–Kier alpha value is -1.88. The van der Waals surface area contributed by atoms with Crippen molar-refractivity contribution in [3.05, 3.63) is 35.3 Å². The van der Waals surface area contributed by atoms with Gasteiger partial charge in [0.1, 0.15) is 11.3 Å². The number of carbonyl (C=O) groups is 1. The fourth-order valence-electron chi connectivity index (χ4n) is 2.48. The van der Waals surface area contributed by atoms with E-state index in [9.17, 15) is 4.79 Å². The highest BCUT2D eigenvalue weighted by Gasteiger charge is 2.18. The van der Waals surface area contributed by atoms with E-state index in [1.165, 1.54) is 0 Å². The Kier molecular flexibility index (Phi) is 4.39. The maximum atomic E-state index is 11.6. The molecule has 108 valence electrons. The summed E-state index contributed by atoms with van der Waals surface area (Å²) in [6.45, 7) is 4.91. The highest BCUT2D eigenvalue weighted by atomic mass is 16.1. The largest absolute Gasteiger partial charge is 0.364 e. The Bertz CT molecular complexity index is 616. The summed E-state index contributed by atoms with van der Waals surface area (Å²) in [6, 6.07) is 4.04. The third kappa shape index (κ3) is 2.82. The van der Waals surface area contributed by atoms with Gasteiger partial charge in [0, 0.05) is 6.20 Å². The van der Waals surface area contributed by atoms with Crippen LogP contribution in [0.2, 0.25) is 0 Å². The van der Waals surface area contributed by atoms with Crippen molar-refractivity contribution in [3.8, 4) is 0 Å². The van der Waals surface area contributed by atoms with Crippen molar-refractivity contribution < 1.29 is 4.79 Å². The zero-order chi connectivity index (χ0) is 14.7. The molecule has 5 nitrogen and oxygen atoms in total. The number of aromatic nitrogens is 2. The lowest BCUT2D eigenvalue weighted by Gasteiger charge is -2.07.